The van der Waals surface area contributed by atoms with E-state index in [0.29, 0.717) is 35.1 Å². The molecule has 0 saturated carbocycles. The standard InChI is InChI=1S/C21H28FN3O4/c1-21(2,29-20(24)26)13-14-5-7-16(12-17(14)22)28-18-8-6-15(23)11-19(18)27-10-9-25(3)4/h5-8,11-12H,9-10,13,23H2,1-4H3,(H2,24,26). The fourth-order valence-corrected chi connectivity index (χ4v) is 2.69. The third-order valence-electron chi connectivity index (χ3n) is 4.01. The molecular formula is C21H28FN3O4. The van der Waals surface area contributed by atoms with E-state index in [1.807, 2.05) is 19.0 Å². The lowest BCUT2D eigenvalue weighted by Crippen LogP contribution is -2.33. The second-order valence-corrected chi connectivity index (χ2v) is 7.57. The summed E-state index contributed by atoms with van der Waals surface area (Å²) in [4.78, 5) is 13.0. The highest BCUT2D eigenvalue weighted by atomic mass is 19.1. The number of anilines is 1. The van der Waals surface area contributed by atoms with Crippen LogP contribution in [-0.4, -0.2) is 43.8 Å². The van der Waals surface area contributed by atoms with Crippen molar-refractivity contribution < 1.29 is 23.4 Å². The Morgan fingerprint density at radius 1 is 1.14 bits per heavy atom. The second-order valence-electron chi connectivity index (χ2n) is 7.57. The van der Waals surface area contributed by atoms with Gasteiger partial charge in [-0.3, -0.25) is 0 Å². The minimum Gasteiger partial charge on any atom is -0.488 e. The molecule has 29 heavy (non-hydrogen) atoms. The van der Waals surface area contributed by atoms with E-state index in [-0.39, 0.29) is 6.42 Å². The molecule has 2 aromatic carbocycles. The number of carbonyl (C=O) groups is 1. The molecule has 8 heteroatoms. The topological polar surface area (TPSA) is 100 Å². The Hall–Kier alpha value is -3.00. The number of nitrogens with two attached hydrogens (primary N) is 2. The molecular weight excluding hydrogens is 377 g/mol. The van der Waals surface area contributed by atoms with Gasteiger partial charge in [-0.05, 0) is 51.7 Å². The Balaban J connectivity index is 2.14. The van der Waals surface area contributed by atoms with E-state index in [2.05, 4.69) is 0 Å². The smallest absolute Gasteiger partial charge is 0.405 e. The Bertz CT molecular complexity index is 856. The van der Waals surface area contributed by atoms with Gasteiger partial charge in [-0.15, -0.1) is 0 Å². The molecule has 0 heterocycles. The molecule has 1 amide bonds. The van der Waals surface area contributed by atoms with Crippen LogP contribution in [0.2, 0.25) is 0 Å². The maximum absolute atomic E-state index is 14.6. The van der Waals surface area contributed by atoms with Gasteiger partial charge in [-0.2, -0.15) is 0 Å². The number of carbonyl (C=O) groups excluding carboxylic acids is 1. The molecule has 0 aliphatic heterocycles. The van der Waals surface area contributed by atoms with Gasteiger partial charge < -0.3 is 30.6 Å². The lowest BCUT2D eigenvalue weighted by Gasteiger charge is -2.24. The first-order valence-corrected chi connectivity index (χ1v) is 9.17. The van der Waals surface area contributed by atoms with Gasteiger partial charge in [0.15, 0.2) is 11.5 Å². The quantitative estimate of drug-likeness (QED) is 0.619. The van der Waals surface area contributed by atoms with E-state index in [1.54, 1.807) is 44.2 Å². The monoisotopic (exact) mass is 405 g/mol. The number of benzene rings is 2. The zero-order valence-corrected chi connectivity index (χ0v) is 17.2. The number of ether oxygens (including phenoxy) is 3. The van der Waals surface area contributed by atoms with Gasteiger partial charge in [0.1, 0.15) is 23.8 Å². The third kappa shape index (κ3) is 7.15. The van der Waals surface area contributed by atoms with Crippen molar-refractivity contribution in [2.24, 2.45) is 5.73 Å². The van der Waals surface area contributed by atoms with E-state index in [9.17, 15) is 9.18 Å². The molecule has 0 radical (unpaired) electrons. The van der Waals surface area contributed by atoms with Gasteiger partial charge in [-0.1, -0.05) is 6.07 Å². The average Bonchev–Trinajstić information content (AvgIpc) is 2.58. The molecule has 2 rings (SSSR count). The lowest BCUT2D eigenvalue weighted by atomic mass is 9.98. The van der Waals surface area contributed by atoms with Crippen molar-refractivity contribution in [3.63, 3.8) is 0 Å². The molecule has 0 aliphatic rings. The average molecular weight is 405 g/mol. The first-order chi connectivity index (χ1) is 13.6. The molecule has 0 fully saturated rings. The van der Waals surface area contributed by atoms with Crippen LogP contribution in [0.3, 0.4) is 0 Å². The highest BCUT2D eigenvalue weighted by Gasteiger charge is 2.24. The third-order valence-corrected chi connectivity index (χ3v) is 4.01. The van der Waals surface area contributed by atoms with E-state index in [1.165, 1.54) is 6.07 Å². The zero-order chi connectivity index (χ0) is 21.6. The summed E-state index contributed by atoms with van der Waals surface area (Å²) in [7, 11) is 3.89. The summed E-state index contributed by atoms with van der Waals surface area (Å²) in [5, 5.41) is 0. The summed E-state index contributed by atoms with van der Waals surface area (Å²) in [6.45, 7) is 4.50. The van der Waals surface area contributed by atoms with Gasteiger partial charge in [0, 0.05) is 30.8 Å². The van der Waals surface area contributed by atoms with E-state index >= 15 is 0 Å². The Kier molecular flexibility index (Phi) is 7.28. The number of hydrogen-bond donors (Lipinski definition) is 2. The van der Waals surface area contributed by atoms with Crippen molar-refractivity contribution in [3.05, 3.63) is 47.8 Å². The van der Waals surface area contributed by atoms with Crippen LogP contribution in [0.1, 0.15) is 19.4 Å². The summed E-state index contributed by atoms with van der Waals surface area (Å²) in [5.41, 5.74) is 10.9. The van der Waals surface area contributed by atoms with Crippen molar-refractivity contribution >= 4 is 11.8 Å². The summed E-state index contributed by atoms with van der Waals surface area (Å²) in [5.74, 6) is 0.742. The summed E-state index contributed by atoms with van der Waals surface area (Å²) < 4.78 is 31.2. The van der Waals surface area contributed by atoms with Crippen molar-refractivity contribution in [1.29, 1.82) is 0 Å². The van der Waals surface area contributed by atoms with Crippen LogP contribution in [0.5, 0.6) is 17.2 Å². The van der Waals surface area contributed by atoms with Crippen LogP contribution in [0, 0.1) is 5.82 Å². The van der Waals surface area contributed by atoms with Gasteiger partial charge >= 0.3 is 6.09 Å². The molecule has 7 nitrogen and oxygen atoms in total. The largest absolute Gasteiger partial charge is 0.488 e. The molecule has 0 atom stereocenters. The zero-order valence-electron chi connectivity index (χ0n) is 17.2. The number of hydrogen-bond acceptors (Lipinski definition) is 6. The predicted molar refractivity (Wildman–Crippen MR) is 110 cm³/mol. The maximum atomic E-state index is 14.6. The van der Waals surface area contributed by atoms with Crippen LogP contribution in [0.4, 0.5) is 14.9 Å². The van der Waals surface area contributed by atoms with Gasteiger partial charge in [0.05, 0.1) is 0 Å². The van der Waals surface area contributed by atoms with Crippen LogP contribution >= 0.6 is 0 Å². The molecule has 0 spiro atoms. The highest BCUT2D eigenvalue weighted by Crippen LogP contribution is 2.34. The molecule has 0 aliphatic carbocycles. The van der Waals surface area contributed by atoms with Crippen molar-refractivity contribution in [2.75, 3.05) is 33.0 Å². The van der Waals surface area contributed by atoms with Crippen LogP contribution in [0.15, 0.2) is 36.4 Å². The fraction of sp³-hybridized carbons (Fsp3) is 0.381. The molecule has 0 bridgehead atoms. The van der Waals surface area contributed by atoms with Crippen molar-refractivity contribution in [1.82, 2.24) is 4.90 Å². The minimum atomic E-state index is -0.931. The maximum Gasteiger partial charge on any atom is 0.405 e. The number of likely N-dealkylation sites (N-methyl/N-ethyl adjacent to an activating group) is 1. The summed E-state index contributed by atoms with van der Waals surface area (Å²) in [6.07, 6.45) is -0.733. The molecule has 2 aromatic rings. The first kappa shape index (κ1) is 22.3. The second kappa shape index (κ2) is 9.47. The van der Waals surface area contributed by atoms with Crippen molar-refractivity contribution in [2.45, 2.75) is 25.9 Å². The van der Waals surface area contributed by atoms with E-state index in [4.69, 9.17) is 25.7 Å². The molecule has 0 saturated heterocycles. The number of nitrogens with zero attached hydrogens (tertiary/aromatic N) is 1. The molecule has 0 unspecified atom stereocenters. The van der Waals surface area contributed by atoms with Crippen molar-refractivity contribution in [3.8, 4) is 17.2 Å². The Morgan fingerprint density at radius 2 is 1.86 bits per heavy atom. The Labute approximate surface area is 170 Å². The van der Waals surface area contributed by atoms with Gasteiger partial charge in [-0.25, -0.2) is 9.18 Å². The van der Waals surface area contributed by atoms with Crippen LogP contribution in [-0.2, 0) is 11.2 Å². The highest BCUT2D eigenvalue weighted by molar-refractivity contribution is 5.65. The van der Waals surface area contributed by atoms with Crippen LogP contribution < -0.4 is 20.9 Å². The lowest BCUT2D eigenvalue weighted by molar-refractivity contribution is 0.0454. The van der Waals surface area contributed by atoms with Gasteiger partial charge in [0.25, 0.3) is 0 Å². The summed E-state index contributed by atoms with van der Waals surface area (Å²) >= 11 is 0. The predicted octanol–water partition coefficient (Wildman–Crippen LogP) is 3.56. The molecule has 0 aromatic heterocycles. The number of nitrogen functional groups attached to an aromatic ring is 1. The van der Waals surface area contributed by atoms with E-state index in [0.717, 1.165) is 6.54 Å². The number of rotatable bonds is 9. The normalized spacial score (nSPS) is 11.4. The first-order valence-electron chi connectivity index (χ1n) is 9.17. The molecule has 158 valence electrons. The van der Waals surface area contributed by atoms with Crippen LogP contribution in [0.25, 0.3) is 0 Å². The summed E-state index contributed by atoms with van der Waals surface area (Å²) in [6, 6.07) is 9.52. The van der Waals surface area contributed by atoms with E-state index < -0.39 is 17.5 Å². The fourth-order valence-electron chi connectivity index (χ4n) is 2.69. The van der Waals surface area contributed by atoms with Gasteiger partial charge in [0.2, 0.25) is 0 Å². The molecule has 4 N–H and O–H groups in total. The Morgan fingerprint density at radius 3 is 2.48 bits per heavy atom. The number of amides is 1. The minimum absolute atomic E-state index is 0.169. The number of primary amides is 1. The number of halogens is 1. The SMILES string of the molecule is CN(C)CCOc1cc(N)ccc1Oc1ccc(CC(C)(C)OC(N)=O)c(F)c1.